The number of hydrogen-bond acceptors (Lipinski definition) is 5. The molecule has 0 spiro atoms. The molecule has 4 rings (SSSR count). The number of rotatable bonds is 7. The van der Waals surface area contributed by atoms with E-state index in [-0.39, 0.29) is 23.9 Å². The fourth-order valence-corrected chi connectivity index (χ4v) is 6.00. The molecule has 0 bridgehead atoms. The molecule has 5 nitrogen and oxygen atoms in total. The van der Waals surface area contributed by atoms with E-state index >= 15 is 0 Å². The number of nitrogens with one attached hydrogen (secondary N) is 1. The maximum absolute atomic E-state index is 12.9. The highest BCUT2D eigenvalue weighted by Gasteiger charge is 2.32. The van der Waals surface area contributed by atoms with Gasteiger partial charge in [-0.1, -0.05) is 25.3 Å². The summed E-state index contributed by atoms with van der Waals surface area (Å²) in [6.45, 7) is 6.12. The maximum Gasteiger partial charge on any atom is 0.223 e. The standard InChI is InChI=1S/C25H35N3O2S/c1-19(26-25(29)20-7-4-3-5-8-20)24(23-9-6-18-31-23)28-16-14-27(15-17-28)21-10-12-22(30-2)13-11-21/h6,9-13,18-20,24H,3-5,7-8,14-17H2,1-2H3,(H,26,29). The molecule has 1 aliphatic heterocycles. The number of benzene rings is 1. The topological polar surface area (TPSA) is 44.8 Å². The highest BCUT2D eigenvalue weighted by Crippen LogP contribution is 2.31. The molecule has 2 heterocycles. The summed E-state index contributed by atoms with van der Waals surface area (Å²) in [5, 5.41) is 5.53. The molecule has 2 aliphatic rings. The Morgan fingerprint density at radius 2 is 1.77 bits per heavy atom. The van der Waals surface area contributed by atoms with Crippen LogP contribution in [-0.2, 0) is 4.79 Å². The van der Waals surface area contributed by atoms with Crippen LogP contribution in [0.1, 0.15) is 49.9 Å². The Bertz CT molecular complexity index is 810. The molecular weight excluding hydrogens is 406 g/mol. The van der Waals surface area contributed by atoms with Crippen LogP contribution in [0.3, 0.4) is 0 Å². The molecule has 2 fully saturated rings. The molecule has 1 saturated heterocycles. The van der Waals surface area contributed by atoms with Crippen molar-refractivity contribution in [2.75, 3.05) is 38.2 Å². The maximum atomic E-state index is 12.9. The first-order valence-corrected chi connectivity index (χ1v) is 12.5. The van der Waals surface area contributed by atoms with E-state index in [0.717, 1.165) is 44.8 Å². The van der Waals surface area contributed by atoms with Gasteiger partial charge in [0.1, 0.15) is 5.75 Å². The molecule has 1 aromatic heterocycles. The Balaban J connectivity index is 1.40. The summed E-state index contributed by atoms with van der Waals surface area (Å²) in [7, 11) is 1.70. The third kappa shape index (κ3) is 5.42. The van der Waals surface area contributed by atoms with E-state index in [1.54, 1.807) is 18.4 Å². The largest absolute Gasteiger partial charge is 0.497 e. The molecular formula is C25H35N3O2S. The number of nitrogens with zero attached hydrogens (tertiary/aromatic N) is 2. The zero-order valence-electron chi connectivity index (χ0n) is 18.8. The van der Waals surface area contributed by atoms with Crippen molar-refractivity contribution in [2.45, 2.75) is 51.1 Å². The number of ether oxygens (including phenoxy) is 1. The molecule has 168 valence electrons. The van der Waals surface area contributed by atoms with E-state index in [0.29, 0.717) is 0 Å². The molecule has 2 atom stereocenters. The van der Waals surface area contributed by atoms with Crippen molar-refractivity contribution < 1.29 is 9.53 Å². The van der Waals surface area contributed by atoms with Gasteiger partial charge in [-0.3, -0.25) is 9.69 Å². The van der Waals surface area contributed by atoms with Gasteiger partial charge in [0.25, 0.3) is 0 Å². The van der Waals surface area contributed by atoms with Gasteiger partial charge in [0.05, 0.1) is 13.2 Å². The van der Waals surface area contributed by atoms with Crippen molar-refractivity contribution >= 4 is 22.9 Å². The van der Waals surface area contributed by atoms with Crippen molar-refractivity contribution in [3.63, 3.8) is 0 Å². The minimum absolute atomic E-state index is 0.0978. The van der Waals surface area contributed by atoms with Crippen molar-refractivity contribution in [1.82, 2.24) is 10.2 Å². The van der Waals surface area contributed by atoms with E-state index in [4.69, 9.17) is 4.74 Å². The molecule has 6 heteroatoms. The number of piperazine rings is 1. The lowest BCUT2D eigenvalue weighted by atomic mass is 9.88. The average Bonchev–Trinajstić information content (AvgIpc) is 3.34. The Labute approximate surface area is 190 Å². The molecule has 1 aliphatic carbocycles. The molecule has 1 amide bonds. The third-order valence-electron chi connectivity index (χ3n) is 6.80. The van der Waals surface area contributed by atoms with Gasteiger partial charge in [-0.25, -0.2) is 0 Å². The summed E-state index contributed by atoms with van der Waals surface area (Å²) >= 11 is 1.80. The molecule has 0 radical (unpaired) electrons. The fraction of sp³-hybridized carbons (Fsp3) is 0.560. The van der Waals surface area contributed by atoms with E-state index in [1.807, 2.05) is 12.1 Å². The number of amides is 1. The highest BCUT2D eigenvalue weighted by molar-refractivity contribution is 7.10. The van der Waals surface area contributed by atoms with Crippen LogP contribution < -0.4 is 15.0 Å². The van der Waals surface area contributed by atoms with E-state index in [2.05, 4.69) is 51.7 Å². The quantitative estimate of drug-likeness (QED) is 0.676. The van der Waals surface area contributed by atoms with Crippen molar-refractivity contribution in [3.8, 4) is 5.75 Å². The van der Waals surface area contributed by atoms with Crippen LogP contribution in [0.25, 0.3) is 0 Å². The summed E-state index contributed by atoms with van der Waals surface area (Å²) in [6, 6.07) is 13.0. The first-order chi connectivity index (χ1) is 15.2. The molecule has 2 unspecified atom stereocenters. The highest BCUT2D eigenvalue weighted by atomic mass is 32.1. The minimum Gasteiger partial charge on any atom is -0.497 e. The lowest BCUT2D eigenvalue weighted by Gasteiger charge is -2.42. The summed E-state index contributed by atoms with van der Waals surface area (Å²) in [6.07, 6.45) is 5.74. The van der Waals surface area contributed by atoms with E-state index in [9.17, 15) is 4.79 Å². The predicted molar refractivity (Wildman–Crippen MR) is 128 cm³/mol. The van der Waals surface area contributed by atoms with Gasteiger partial charge < -0.3 is 15.0 Å². The zero-order valence-corrected chi connectivity index (χ0v) is 19.6. The Morgan fingerprint density at radius 1 is 1.06 bits per heavy atom. The summed E-state index contributed by atoms with van der Waals surface area (Å²) in [5.41, 5.74) is 1.24. The number of carbonyl (C=O) groups excluding carboxylic acids is 1. The smallest absolute Gasteiger partial charge is 0.223 e. The minimum atomic E-state index is 0.0978. The van der Waals surface area contributed by atoms with Gasteiger partial charge in [0.15, 0.2) is 0 Å². The number of methoxy groups -OCH3 is 1. The van der Waals surface area contributed by atoms with Crippen molar-refractivity contribution in [1.29, 1.82) is 0 Å². The second kappa shape index (κ2) is 10.5. The monoisotopic (exact) mass is 441 g/mol. The molecule has 2 aromatic rings. The summed E-state index contributed by atoms with van der Waals surface area (Å²) in [4.78, 5) is 19.2. The van der Waals surface area contributed by atoms with Crippen LogP contribution in [0.4, 0.5) is 5.69 Å². The van der Waals surface area contributed by atoms with E-state index in [1.165, 1.54) is 29.8 Å². The van der Waals surface area contributed by atoms with Crippen molar-refractivity contribution in [3.05, 3.63) is 46.7 Å². The van der Waals surface area contributed by atoms with Gasteiger partial charge in [-0.05, 0) is 55.5 Å². The molecule has 1 N–H and O–H groups in total. The average molecular weight is 442 g/mol. The molecule has 31 heavy (non-hydrogen) atoms. The Morgan fingerprint density at radius 3 is 2.39 bits per heavy atom. The summed E-state index contributed by atoms with van der Waals surface area (Å²) in [5.74, 6) is 1.35. The number of carbonyl (C=O) groups is 1. The lowest BCUT2D eigenvalue weighted by molar-refractivity contribution is -0.127. The lowest BCUT2D eigenvalue weighted by Crippen LogP contribution is -2.53. The van der Waals surface area contributed by atoms with Gasteiger partial charge in [-0.15, -0.1) is 11.3 Å². The Kier molecular flexibility index (Phi) is 7.51. The van der Waals surface area contributed by atoms with Crippen LogP contribution in [-0.4, -0.2) is 50.1 Å². The molecule has 1 aromatic carbocycles. The fourth-order valence-electron chi connectivity index (χ4n) is 5.04. The van der Waals surface area contributed by atoms with Gasteiger partial charge in [0.2, 0.25) is 5.91 Å². The normalized spacial score (nSPS) is 20.3. The number of anilines is 1. The number of hydrogen-bond donors (Lipinski definition) is 1. The second-order valence-corrected chi connectivity index (χ2v) is 9.79. The van der Waals surface area contributed by atoms with Crippen LogP contribution in [0, 0.1) is 5.92 Å². The summed E-state index contributed by atoms with van der Waals surface area (Å²) < 4.78 is 5.29. The third-order valence-corrected chi connectivity index (χ3v) is 7.74. The van der Waals surface area contributed by atoms with Crippen molar-refractivity contribution in [2.24, 2.45) is 5.92 Å². The van der Waals surface area contributed by atoms with Crippen LogP contribution in [0.2, 0.25) is 0 Å². The van der Waals surface area contributed by atoms with Gasteiger partial charge in [0, 0.05) is 48.7 Å². The second-order valence-electron chi connectivity index (χ2n) is 8.81. The van der Waals surface area contributed by atoms with Crippen LogP contribution >= 0.6 is 11.3 Å². The van der Waals surface area contributed by atoms with Gasteiger partial charge in [-0.2, -0.15) is 0 Å². The zero-order chi connectivity index (χ0) is 21.6. The molecule has 1 saturated carbocycles. The van der Waals surface area contributed by atoms with Crippen LogP contribution in [0.15, 0.2) is 41.8 Å². The Hall–Kier alpha value is -2.05. The predicted octanol–water partition coefficient (Wildman–Crippen LogP) is 4.71. The van der Waals surface area contributed by atoms with Gasteiger partial charge >= 0.3 is 0 Å². The first-order valence-electron chi connectivity index (χ1n) is 11.6. The van der Waals surface area contributed by atoms with Crippen LogP contribution in [0.5, 0.6) is 5.75 Å². The SMILES string of the molecule is COc1ccc(N2CCN(C(c3cccs3)C(C)NC(=O)C3CCCCC3)CC2)cc1. The number of thiophene rings is 1. The first kappa shape index (κ1) is 22.2. The van der Waals surface area contributed by atoms with E-state index < -0.39 is 0 Å².